The molecule has 4 heteroatoms. The van der Waals surface area contributed by atoms with Crippen molar-refractivity contribution in [1.82, 2.24) is 5.32 Å². The second-order valence-corrected chi connectivity index (χ2v) is 4.57. The topological polar surface area (TPSA) is 47.6 Å². The summed E-state index contributed by atoms with van der Waals surface area (Å²) in [7, 11) is 0. The second kappa shape index (κ2) is 5.65. The lowest BCUT2D eigenvalue weighted by Crippen LogP contribution is -2.27. The van der Waals surface area contributed by atoms with E-state index >= 15 is 0 Å². The summed E-state index contributed by atoms with van der Waals surface area (Å²) >= 11 is 0. The summed E-state index contributed by atoms with van der Waals surface area (Å²) in [6, 6.07) is 16.9. The van der Waals surface area contributed by atoms with Crippen molar-refractivity contribution in [2.24, 2.45) is 0 Å². The van der Waals surface area contributed by atoms with Crippen LogP contribution < -0.4 is 14.8 Å². The van der Waals surface area contributed by atoms with Gasteiger partial charge in [-0.1, -0.05) is 18.2 Å². The average Bonchev–Trinajstić information content (AvgIpc) is 2.88. The third-order valence-corrected chi connectivity index (χ3v) is 3.08. The summed E-state index contributed by atoms with van der Waals surface area (Å²) < 4.78 is 11.3. The van der Waals surface area contributed by atoms with E-state index in [0.717, 1.165) is 11.5 Å². The van der Waals surface area contributed by atoms with E-state index in [1.165, 1.54) is 0 Å². The van der Waals surface area contributed by atoms with Crippen LogP contribution in [0.4, 0.5) is 0 Å². The number of hydrogen-bond acceptors (Lipinski definition) is 3. The zero-order valence-corrected chi connectivity index (χ0v) is 10.9. The largest absolute Gasteiger partial charge is 0.481 e. The summed E-state index contributed by atoms with van der Waals surface area (Å²) in [5.74, 6) is 2.15. The molecule has 0 spiro atoms. The SMILES string of the molecule is O=C1NCCC1Oc1ccc(Oc2ccccc2)cc1. The van der Waals surface area contributed by atoms with Crippen LogP contribution >= 0.6 is 0 Å². The van der Waals surface area contributed by atoms with Gasteiger partial charge in [-0.15, -0.1) is 0 Å². The first-order valence-electron chi connectivity index (χ1n) is 6.58. The van der Waals surface area contributed by atoms with E-state index in [0.29, 0.717) is 18.7 Å². The molecule has 4 nitrogen and oxygen atoms in total. The molecule has 1 aliphatic heterocycles. The fourth-order valence-electron chi connectivity index (χ4n) is 2.06. The van der Waals surface area contributed by atoms with Gasteiger partial charge in [0.25, 0.3) is 5.91 Å². The van der Waals surface area contributed by atoms with Gasteiger partial charge in [0, 0.05) is 13.0 Å². The minimum Gasteiger partial charge on any atom is -0.481 e. The van der Waals surface area contributed by atoms with Crippen molar-refractivity contribution in [3.8, 4) is 17.2 Å². The van der Waals surface area contributed by atoms with E-state index in [1.54, 1.807) is 0 Å². The Labute approximate surface area is 117 Å². The molecule has 1 amide bonds. The Morgan fingerprint density at radius 2 is 1.55 bits per heavy atom. The van der Waals surface area contributed by atoms with E-state index in [4.69, 9.17) is 9.47 Å². The Morgan fingerprint density at radius 3 is 2.20 bits per heavy atom. The van der Waals surface area contributed by atoms with Gasteiger partial charge < -0.3 is 14.8 Å². The van der Waals surface area contributed by atoms with Crippen LogP contribution in [-0.2, 0) is 4.79 Å². The highest BCUT2D eigenvalue weighted by atomic mass is 16.5. The zero-order valence-electron chi connectivity index (χ0n) is 10.9. The van der Waals surface area contributed by atoms with Gasteiger partial charge in [-0.3, -0.25) is 4.79 Å². The maximum atomic E-state index is 11.4. The molecule has 0 bridgehead atoms. The predicted octanol–water partition coefficient (Wildman–Crippen LogP) is 2.75. The van der Waals surface area contributed by atoms with E-state index in [-0.39, 0.29) is 12.0 Å². The first-order valence-corrected chi connectivity index (χ1v) is 6.58. The molecule has 1 atom stereocenters. The molecule has 2 aromatic carbocycles. The molecule has 3 rings (SSSR count). The Hall–Kier alpha value is -2.49. The van der Waals surface area contributed by atoms with Crippen molar-refractivity contribution in [2.45, 2.75) is 12.5 Å². The van der Waals surface area contributed by atoms with E-state index in [9.17, 15) is 4.79 Å². The van der Waals surface area contributed by atoms with Crippen LogP contribution in [0.15, 0.2) is 54.6 Å². The molecule has 1 unspecified atom stereocenters. The van der Waals surface area contributed by atoms with Crippen molar-refractivity contribution in [3.63, 3.8) is 0 Å². The number of para-hydroxylation sites is 1. The number of hydrogen-bond donors (Lipinski definition) is 1. The molecular formula is C16H15NO3. The van der Waals surface area contributed by atoms with Crippen molar-refractivity contribution < 1.29 is 14.3 Å². The first kappa shape index (κ1) is 12.5. The van der Waals surface area contributed by atoms with E-state index in [1.807, 2.05) is 54.6 Å². The zero-order chi connectivity index (χ0) is 13.8. The normalized spacial score (nSPS) is 17.6. The van der Waals surface area contributed by atoms with Gasteiger partial charge in [0.05, 0.1) is 0 Å². The standard InChI is InChI=1S/C16H15NO3/c18-16-15(10-11-17-16)20-14-8-6-13(7-9-14)19-12-4-2-1-3-5-12/h1-9,15H,10-11H2,(H,17,18). The summed E-state index contributed by atoms with van der Waals surface area (Å²) in [4.78, 5) is 11.4. The summed E-state index contributed by atoms with van der Waals surface area (Å²) in [6.07, 6.45) is 0.331. The number of ether oxygens (including phenoxy) is 2. The lowest BCUT2D eigenvalue weighted by atomic mass is 10.3. The van der Waals surface area contributed by atoms with Gasteiger partial charge in [0.1, 0.15) is 17.2 Å². The Morgan fingerprint density at radius 1 is 0.900 bits per heavy atom. The quantitative estimate of drug-likeness (QED) is 0.928. The van der Waals surface area contributed by atoms with Crippen molar-refractivity contribution in [2.75, 3.05) is 6.54 Å². The molecule has 0 saturated carbocycles. The number of carbonyl (C=O) groups is 1. The highest BCUT2D eigenvalue weighted by Crippen LogP contribution is 2.24. The molecule has 0 aromatic heterocycles. The van der Waals surface area contributed by atoms with Crippen LogP contribution in [-0.4, -0.2) is 18.6 Å². The highest BCUT2D eigenvalue weighted by molar-refractivity contribution is 5.83. The van der Waals surface area contributed by atoms with Crippen molar-refractivity contribution in [3.05, 3.63) is 54.6 Å². The molecular weight excluding hydrogens is 254 g/mol. The lowest BCUT2D eigenvalue weighted by Gasteiger charge is -2.11. The first-order chi connectivity index (χ1) is 9.81. The molecule has 1 heterocycles. The van der Waals surface area contributed by atoms with Crippen LogP contribution in [0.1, 0.15) is 6.42 Å². The van der Waals surface area contributed by atoms with Crippen LogP contribution in [0.2, 0.25) is 0 Å². The van der Waals surface area contributed by atoms with Gasteiger partial charge in [-0.2, -0.15) is 0 Å². The van der Waals surface area contributed by atoms with Crippen LogP contribution in [0.25, 0.3) is 0 Å². The Balaban J connectivity index is 1.64. The van der Waals surface area contributed by atoms with Gasteiger partial charge in [-0.05, 0) is 36.4 Å². The number of amides is 1. The van der Waals surface area contributed by atoms with Crippen LogP contribution in [0, 0.1) is 0 Å². The fraction of sp³-hybridized carbons (Fsp3) is 0.188. The maximum Gasteiger partial charge on any atom is 0.261 e. The van der Waals surface area contributed by atoms with Crippen molar-refractivity contribution >= 4 is 5.91 Å². The van der Waals surface area contributed by atoms with Gasteiger partial charge >= 0.3 is 0 Å². The van der Waals surface area contributed by atoms with Gasteiger partial charge in [0.15, 0.2) is 6.10 Å². The van der Waals surface area contributed by atoms with E-state index < -0.39 is 0 Å². The van der Waals surface area contributed by atoms with E-state index in [2.05, 4.69) is 5.32 Å². The smallest absolute Gasteiger partial charge is 0.261 e. The number of rotatable bonds is 4. The van der Waals surface area contributed by atoms with Crippen molar-refractivity contribution in [1.29, 1.82) is 0 Å². The third-order valence-electron chi connectivity index (χ3n) is 3.08. The Bertz CT molecular complexity index is 580. The van der Waals surface area contributed by atoms with Gasteiger partial charge in [-0.25, -0.2) is 0 Å². The summed E-state index contributed by atoms with van der Waals surface area (Å²) in [6.45, 7) is 0.679. The highest BCUT2D eigenvalue weighted by Gasteiger charge is 2.25. The molecule has 1 N–H and O–H groups in total. The second-order valence-electron chi connectivity index (χ2n) is 4.57. The molecule has 0 aliphatic carbocycles. The molecule has 1 saturated heterocycles. The third kappa shape index (κ3) is 2.91. The predicted molar refractivity (Wildman–Crippen MR) is 75.0 cm³/mol. The Kier molecular flexibility index (Phi) is 3.54. The molecule has 0 radical (unpaired) electrons. The minimum atomic E-state index is -0.379. The fourth-order valence-corrected chi connectivity index (χ4v) is 2.06. The molecule has 20 heavy (non-hydrogen) atoms. The summed E-state index contributed by atoms with van der Waals surface area (Å²) in [5.41, 5.74) is 0. The minimum absolute atomic E-state index is 0.0467. The summed E-state index contributed by atoms with van der Waals surface area (Å²) in [5, 5.41) is 2.75. The molecule has 1 aliphatic rings. The van der Waals surface area contributed by atoms with Crippen LogP contribution in [0.5, 0.6) is 17.2 Å². The average molecular weight is 269 g/mol. The number of nitrogens with one attached hydrogen (secondary N) is 1. The molecule has 102 valence electrons. The number of benzene rings is 2. The molecule has 2 aromatic rings. The monoisotopic (exact) mass is 269 g/mol. The maximum absolute atomic E-state index is 11.4. The van der Waals surface area contributed by atoms with Crippen LogP contribution in [0.3, 0.4) is 0 Å². The lowest BCUT2D eigenvalue weighted by molar-refractivity contribution is -0.124. The molecule has 1 fully saturated rings. The number of carbonyl (C=O) groups excluding carboxylic acids is 1. The van der Waals surface area contributed by atoms with Gasteiger partial charge in [0.2, 0.25) is 0 Å².